The van der Waals surface area contributed by atoms with Crippen LogP contribution in [0.15, 0.2) is 82.3 Å². The van der Waals surface area contributed by atoms with E-state index in [4.69, 9.17) is 16.0 Å². The highest BCUT2D eigenvalue weighted by atomic mass is 35.5. The lowest BCUT2D eigenvalue weighted by Crippen LogP contribution is -2.18. The van der Waals surface area contributed by atoms with Gasteiger partial charge < -0.3 is 4.42 Å². The van der Waals surface area contributed by atoms with Gasteiger partial charge in [0.25, 0.3) is 5.91 Å². The highest BCUT2D eigenvalue weighted by Crippen LogP contribution is 2.23. The lowest BCUT2D eigenvalue weighted by atomic mass is 10.2. The highest BCUT2D eigenvalue weighted by Gasteiger charge is 2.07. The number of amides is 1. The second-order valence-electron chi connectivity index (χ2n) is 5.80. The standard InChI is InChI=1S/C21H14ClN3O2/c22-16-8-5-15(6-9-16)20-12-10-17(27-20)13-23-25-21(26)19-11-7-14-3-1-2-4-18(14)24-19/h1-13H,(H,25,26). The van der Waals surface area contributed by atoms with E-state index in [1.54, 1.807) is 24.3 Å². The van der Waals surface area contributed by atoms with Crippen LogP contribution in [0.4, 0.5) is 0 Å². The van der Waals surface area contributed by atoms with Crippen molar-refractivity contribution in [3.63, 3.8) is 0 Å². The van der Waals surface area contributed by atoms with Gasteiger partial charge in [-0.1, -0.05) is 35.9 Å². The van der Waals surface area contributed by atoms with Gasteiger partial charge in [-0.3, -0.25) is 4.79 Å². The number of carbonyl (C=O) groups excluding carboxylic acids is 1. The van der Waals surface area contributed by atoms with E-state index >= 15 is 0 Å². The van der Waals surface area contributed by atoms with E-state index in [2.05, 4.69) is 15.5 Å². The molecule has 27 heavy (non-hydrogen) atoms. The van der Waals surface area contributed by atoms with Crippen molar-refractivity contribution in [3.05, 3.63) is 89.3 Å². The number of nitrogens with one attached hydrogen (secondary N) is 1. The fraction of sp³-hybridized carbons (Fsp3) is 0. The SMILES string of the molecule is O=C(NN=Cc1ccc(-c2ccc(Cl)cc2)o1)c1ccc2ccccc2n1. The number of para-hydroxylation sites is 1. The molecule has 0 atom stereocenters. The van der Waals surface area contributed by atoms with E-state index in [1.807, 2.05) is 48.5 Å². The number of nitrogens with zero attached hydrogens (tertiary/aromatic N) is 2. The summed E-state index contributed by atoms with van der Waals surface area (Å²) >= 11 is 5.89. The number of pyridine rings is 1. The quantitative estimate of drug-likeness (QED) is 0.407. The van der Waals surface area contributed by atoms with Crippen molar-refractivity contribution >= 4 is 34.6 Å². The molecule has 2 heterocycles. The molecular formula is C21H14ClN3O2. The second-order valence-corrected chi connectivity index (χ2v) is 6.23. The minimum atomic E-state index is -0.388. The second kappa shape index (κ2) is 7.43. The molecule has 4 rings (SSSR count). The lowest BCUT2D eigenvalue weighted by Gasteiger charge is -2.01. The van der Waals surface area contributed by atoms with Crippen molar-refractivity contribution in [3.8, 4) is 11.3 Å². The first-order chi connectivity index (χ1) is 13.2. The summed E-state index contributed by atoms with van der Waals surface area (Å²) in [5, 5.41) is 5.58. The first-order valence-corrected chi connectivity index (χ1v) is 8.62. The summed E-state index contributed by atoms with van der Waals surface area (Å²) in [4.78, 5) is 16.5. The molecule has 0 aliphatic heterocycles. The van der Waals surface area contributed by atoms with Crippen LogP contribution in [0, 0.1) is 0 Å². The van der Waals surface area contributed by atoms with Gasteiger partial charge in [-0.2, -0.15) is 5.10 Å². The summed E-state index contributed by atoms with van der Waals surface area (Å²) in [5.41, 5.74) is 4.42. The van der Waals surface area contributed by atoms with Gasteiger partial charge >= 0.3 is 0 Å². The Balaban J connectivity index is 1.44. The number of hydrazone groups is 1. The Labute approximate surface area is 160 Å². The Morgan fingerprint density at radius 3 is 2.67 bits per heavy atom. The molecule has 2 aromatic carbocycles. The molecule has 0 fully saturated rings. The van der Waals surface area contributed by atoms with Crippen LogP contribution in [0.1, 0.15) is 16.2 Å². The van der Waals surface area contributed by atoms with Gasteiger partial charge in [0.1, 0.15) is 17.2 Å². The summed E-state index contributed by atoms with van der Waals surface area (Å²) in [7, 11) is 0. The van der Waals surface area contributed by atoms with E-state index in [0.717, 1.165) is 16.5 Å². The number of benzene rings is 2. The largest absolute Gasteiger partial charge is 0.455 e. The van der Waals surface area contributed by atoms with E-state index < -0.39 is 0 Å². The average molecular weight is 376 g/mol. The molecule has 0 saturated heterocycles. The molecule has 0 radical (unpaired) electrons. The van der Waals surface area contributed by atoms with Crippen molar-refractivity contribution in [2.45, 2.75) is 0 Å². The number of hydrogen-bond donors (Lipinski definition) is 1. The number of aromatic nitrogens is 1. The molecule has 5 nitrogen and oxygen atoms in total. The summed E-state index contributed by atoms with van der Waals surface area (Å²) in [6.45, 7) is 0. The van der Waals surface area contributed by atoms with E-state index in [0.29, 0.717) is 22.2 Å². The van der Waals surface area contributed by atoms with Crippen LogP contribution in [0.2, 0.25) is 5.02 Å². The van der Waals surface area contributed by atoms with Gasteiger partial charge in [0.15, 0.2) is 0 Å². The summed E-state index contributed by atoms with van der Waals surface area (Å²) in [5.74, 6) is 0.823. The van der Waals surface area contributed by atoms with Gasteiger partial charge in [-0.05, 0) is 48.5 Å². The van der Waals surface area contributed by atoms with Gasteiger partial charge in [0.2, 0.25) is 0 Å². The van der Waals surface area contributed by atoms with Crippen LogP contribution in [0.3, 0.4) is 0 Å². The van der Waals surface area contributed by atoms with Crippen LogP contribution in [-0.2, 0) is 0 Å². The molecule has 6 heteroatoms. The molecule has 0 aliphatic carbocycles. The fourth-order valence-corrected chi connectivity index (χ4v) is 2.72. The summed E-state index contributed by atoms with van der Waals surface area (Å²) < 4.78 is 5.70. The third-order valence-electron chi connectivity index (χ3n) is 3.94. The Morgan fingerprint density at radius 2 is 1.81 bits per heavy atom. The van der Waals surface area contributed by atoms with Crippen LogP contribution in [-0.4, -0.2) is 17.1 Å². The monoisotopic (exact) mass is 375 g/mol. The zero-order chi connectivity index (χ0) is 18.6. The minimum absolute atomic E-state index is 0.298. The Hall–Kier alpha value is -3.44. The van der Waals surface area contributed by atoms with Crippen LogP contribution in [0.5, 0.6) is 0 Å². The molecule has 2 aromatic heterocycles. The first-order valence-electron chi connectivity index (χ1n) is 8.24. The summed E-state index contributed by atoms with van der Waals surface area (Å²) in [6.07, 6.45) is 1.44. The number of halogens is 1. The van der Waals surface area contributed by atoms with E-state index in [1.165, 1.54) is 6.21 Å². The van der Waals surface area contributed by atoms with E-state index in [9.17, 15) is 4.79 Å². The molecule has 0 aliphatic rings. The van der Waals surface area contributed by atoms with Crippen molar-refractivity contribution in [1.82, 2.24) is 10.4 Å². The normalized spacial score (nSPS) is 11.1. The van der Waals surface area contributed by atoms with Crippen molar-refractivity contribution < 1.29 is 9.21 Å². The minimum Gasteiger partial charge on any atom is -0.455 e. The van der Waals surface area contributed by atoms with Gasteiger partial charge in [0.05, 0.1) is 11.7 Å². The van der Waals surface area contributed by atoms with Gasteiger partial charge in [-0.25, -0.2) is 10.4 Å². The first kappa shape index (κ1) is 17.0. The number of carbonyl (C=O) groups is 1. The van der Waals surface area contributed by atoms with E-state index in [-0.39, 0.29) is 5.91 Å². The zero-order valence-corrected chi connectivity index (χ0v) is 14.9. The Bertz CT molecular complexity index is 1130. The molecule has 0 spiro atoms. The maximum absolute atomic E-state index is 12.2. The third-order valence-corrected chi connectivity index (χ3v) is 4.20. The molecule has 1 N–H and O–H groups in total. The van der Waals surface area contributed by atoms with Crippen LogP contribution < -0.4 is 5.43 Å². The van der Waals surface area contributed by atoms with Crippen molar-refractivity contribution in [2.24, 2.45) is 5.10 Å². The average Bonchev–Trinajstić information content (AvgIpc) is 3.17. The smallest absolute Gasteiger partial charge is 0.289 e. The number of furan rings is 1. The van der Waals surface area contributed by atoms with Crippen molar-refractivity contribution in [2.75, 3.05) is 0 Å². The third kappa shape index (κ3) is 3.88. The maximum Gasteiger partial charge on any atom is 0.289 e. The molecule has 4 aromatic rings. The fourth-order valence-electron chi connectivity index (χ4n) is 2.60. The van der Waals surface area contributed by atoms with Crippen LogP contribution in [0.25, 0.3) is 22.2 Å². The maximum atomic E-state index is 12.2. The van der Waals surface area contributed by atoms with Gasteiger partial charge in [0, 0.05) is 16.0 Å². The molecular weight excluding hydrogens is 362 g/mol. The van der Waals surface area contributed by atoms with Gasteiger partial charge in [-0.15, -0.1) is 0 Å². The molecule has 0 bridgehead atoms. The van der Waals surface area contributed by atoms with Crippen LogP contribution >= 0.6 is 11.6 Å². The number of fused-ring (bicyclic) bond motifs is 1. The molecule has 0 unspecified atom stereocenters. The zero-order valence-electron chi connectivity index (χ0n) is 14.1. The van der Waals surface area contributed by atoms with Crippen molar-refractivity contribution in [1.29, 1.82) is 0 Å². The number of rotatable bonds is 4. The molecule has 132 valence electrons. The highest BCUT2D eigenvalue weighted by molar-refractivity contribution is 6.30. The lowest BCUT2D eigenvalue weighted by molar-refractivity contribution is 0.0950. The summed E-state index contributed by atoms with van der Waals surface area (Å²) in [6, 6.07) is 22.1. The Morgan fingerprint density at radius 1 is 1.00 bits per heavy atom. The topological polar surface area (TPSA) is 67.5 Å². The molecule has 0 saturated carbocycles. The predicted octanol–water partition coefficient (Wildman–Crippen LogP) is 4.91. The predicted molar refractivity (Wildman–Crippen MR) is 106 cm³/mol. The molecule has 1 amide bonds. The Kier molecular flexibility index (Phi) is 4.68. The number of hydrogen-bond acceptors (Lipinski definition) is 4.